The van der Waals surface area contributed by atoms with Crippen molar-refractivity contribution in [2.45, 2.75) is 5.03 Å². The van der Waals surface area contributed by atoms with Gasteiger partial charge in [0.05, 0.1) is 0 Å². The molecule has 0 radical (unpaired) electrons. The maximum atomic E-state index is 10.5. The molecule has 0 fully saturated rings. The fourth-order valence-electron chi connectivity index (χ4n) is 0.540. The maximum absolute atomic E-state index is 10.5. The van der Waals surface area contributed by atoms with Crippen LogP contribution in [0.2, 0.25) is 0 Å². The highest BCUT2D eigenvalue weighted by atomic mass is 32.2. The second-order valence-electron chi connectivity index (χ2n) is 1.31. The normalized spacial score (nSPS) is 24.3. The molecule has 36 valence electrons. The van der Waals surface area contributed by atoms with Crippen molar-refractivity contribution in [3.8, 4) is 0 Å². The Kier molecular flexibility index (Phi) is 0.380. The number of aromatic nitrogens is 2. The third-order valence-corrected chi connectivity index (χ3v) is 2.01. The summed E-state index contributed by atoms with van der Waals surface area (Å²) in [6.45, 7) is 0. The first-order valence-electron chi connectivity index (χ1n) is 1.86. The second kappa shape index (κ2) is 0.790. The van der Waals surface area contributed by atoms with Gasteiger partial charge in [0.1, 0.15) is 0 Å². The van der Waals surface area contributed by atoms with Crippen LogP contribution in [-0.4, -0.2) is 13.4 Å². The average Bonchev–Trinajstić information content (AvgIpc) is 2.18. The van der Waals surface area contributed by atoms with Crippen LogP contribution in [0.4, 0.5) is 0 Å². The van der Waals surface area contributed by atoms with Crippen LogP contribution >= 0.6 is 0 Å². The van der Waals surface area contributed by atoms with E-state index in [0.29, 0.717) is 5.03 Å². The van der Waals surface area contributed by atoms with Gasteiger partial charge in [0.2, 0.25) is 0 Å². The Hall–Kier alpha value is -0.640. The van der Waals surface area contributed by atoms with Crippen LogP contribution in [0.1, 0.15) is 0 Å². The SMILES string of the molecule is O=S1c2ccn1n2. The van der Waals surface area contributed by atoms with Crippen LogP contribution in [0.3, 0.4) is 0 Å². The summed E-state index contributed by atoms with van der Waals surface area (Å²) in [6.07, 6.45) is 1.70. The van der Waals surface area contributed by atoms with Crippen molar-refractivity contribution in [3.05, 3.63) is 12.3 Å². The molecule has 4 heteroatoms. The molecule has 0 N–H and O–H groups in total. The summed E-state index contributed by atoms with van der Waals surface area (Å²) in [7, 11) is -0.898. The van der Waals surface area contributed by atoms with Crippen LogP contribution in [-0.2, 0) is 11.0 Å². The Bertz CT molecular complexity index is 201. The van der Waals surface area contributed by atoms with Gasteiger partial charge in [-0.1, -0.05) is 0 Å². The molecule has 1 unspecified atom stereocenters. The Morgan fingerprint density at radius 3 is 2.86 bits per heavy atom. The Morgan fingerprint density at radius 1 is 1.86 bits per heavy atom. The van der Waals surface area contributed by atoms with Crippen molar-refractivity contribution in [2.75, 3.05) is 0 Å². The van der Waals surface area contributed by atoms with Crippen LogP contribution in [0.25, 0.3) is 0 Å². The van der Waals surface area contributed by atoms with Gasteiger partial charge in [-0.25, -0.2) is 4.21 Å². The molecule has 0 spiro atoms. The van der Waals surface area contributed by atoms with Crippen molar-refractivity contribution in [2.24, 2.45) is 0 Å². The van der Waals surface area contributed by atoms with Crippen molar-refractivity contribution in [3.63, 3.8) is 0 Å². The highest BCUT2D eigenvalue weighted by Gasteiger charge is 2.19. The Morgan fingerprint density at radius 2 is 2.71 bits per heavy atom. The molecule has 0 saturated heterocycles. The van der Waals surface area contributed by atoms with E-state index in [-0.39, 0.29) is 0 Å². The van der Waals surface area contributed by atoms with Crippen LogP contribution in [0, 0.1) is 0 Å². The number of hydrogen-bond acceptors (Lipinski definition) is 2. The number of hydrogen-bond donors (Lipinski definition) is 0. The molecule has 0 aromatic carbocycles. The van der Waals surface area contributed by atoms with Gasteiger partial charge in [0.25, 0.3) is 0 Å². The van der Waals surface area contributed by atoms with Gasteiger partial charge >= 0.3 is 0 Å². The van der Waals surface area contributed by atoms with E-state index >= 15 is 0 Å². The molecule has 0 aliphatic carbocycles. The van der Waals surface area contributed by atoms with Gasteiger partial charge in [0, 0.05) is 6.20 Å². The number of fused-ring (bicyclic) bond motifs is 1. The lowest BCUT2D eigenvalue weighted by molar-refractivity contribution is 0.649. The predicted molar refractivity (Wildman–Crippen MR) is 24.0 cm³/mol. The van der Waals surface area contributed by atoms with E-state index in [4.69, 9.17) is 0 Å². The summed E-state index contributed by atoms with van der Waals surface area (Å²) >= 11 is 0. The zero-order valence-corrected chi connectivity index (χ0v) is 4.18. The molecule has 0 saturated carbocycles. The smallest absolute Gasteiger partial charge is 0.194 e. The maximum Gasteiger partial charge on any atom is 0.194 e. The molecule has 3 nitrogen and oxygen atoms in total. The summed E-state index contributed by atoms with van der Waals surface area (Å²) in [5, 5.41) is 4.45. The first-order valence-corrected chi connectivity index (χ1v) is 2.96. The molecule has 0 amide bonds. The zero-order chi connectivity index (χ0) is 4.85. The molecule has 3 heterocycles. The summed E-state index contributed by atoms with van der Waals surface area (Å²) in [6, 6.07) is 1.75. The van der Waals surface area contributed by atoms with Crippen molar-refractivity contribution < 1.29 is 4.21 Å². The van der Waals surface area contributed by atoms with E-state index in [1.165, 1.54) is 4.09 Å². The first kappa shape index (κ1) is 3.37. The molecular formula is C3H2N2OS. The van der Waals surface area contributed by atoms with Crippen LogP contribution in [0.15, 0.2) is 17.3 Å². The van der Waals surface area contributed by atoms with Gasteiger partial charge in [0.15, 0.2) is 16.0 Å². The highest BCUT2D eigenvalue weighted by molar-refractivity contribution is 7.84. The van der Waals surface area contributed by atoms with Gasteiger partial charge in [-0.05, 0) is 6.07 Å². The first-order chi connectivity index (χ1) is 3.38. The van der Waals surface area contributed by atoms with Gasteiger partial charge in [-0.3, -0.25) is 0 Å². The molecule has 1 aromatic heterocycles. The minimum absolute atomic E-state index is 0.694. The largest absolute Gasteiger partial charge is 0.228 e. The van der Waals surface area contributed by atoms with Gasteiger partial charge < -0.3 is 0 Å². The quantitative estimate of drug-likeness (QED) is 0.474. The minimum Gasteiger partial charge on any atom is -0.228 e. The van der Waals surface area contributed by atoms with Crippen molar-refractivity contribution in [1.82, 2.24) is 9.19 Å². The lowest BCUT2D eigenvalue weighted by atomic mass is 10.8. The average molecular weight is 114 g/mol. The summed E-state index contributed by atoms with van der Waals surface area (Å²) in [5.41, 5.74) is 0. The minimum atomic E-state index is -0.898. The summed E-state index contributed by atoms with van der Waals surface area (Å²) in [4.78, 5) is 0. The van der Waals surface area contributed by atoms with E-state index in [1.54, 1.807) is 12.3 Å². The lowest BCUT2D eigenvalue weighted by Crippen LogP contribution is -2.13. The summed E-state index contributed by atoms with van der Waals surface area (Å²) < 4.78 is 11.9. The monoisotopic (exact) mass is 114 g/mol. The topological polar surface area (TPSA) is 34.9 Å². The Labute approximate surface area is 42.5 Å². The van der Waals surface area contributed by atoms with Crippen LogP contribution < -0.4 is 0 Å². The molecule has 2 aliphatic rings. The second-order valence-corrected chi connectivity index (χ2v) is 2.60. The van der Waals surface area contributed by atoms with Gasteiger partial charge in [-0.15, -0.1) is 5.10 Å². The number of nitrogens with zero attached hydrogens (tertiary/aromatic N) is 2. The molecule has 2 aliphatic heterocycles. The molecule has 3 rings (SSSR count). The molecule has 7 heavy (non-hydrogen) atoms. The number of rotatable bonds is 0. The third-order valence-electron chi connectivity index (χ3n) is 0.891. The molecule has 1 aromatic rings. The van der Waals surface area contributed by atoms with E-state index in [2.05, 4.69) is 5.10 Å². The third kappa shape index (κ3) is 0.226. The van der Waals surface area contributed by atoms with Crippen LogP contribution in [0.5, 0.6) is 0 Å². The fraction of sp³-hybridized carbons (Fsp3) is 0. The standard InChI is InChI=1S/C3H2N2OS/c6-7-3-1-2-5(7)4-3/h1-2H. The fourth-order valence-corrected chi connectivity index (χ4v) is 1.29. The Balaban J connectivity index is 2.91. The molecule has 1 atom stereocenters. The van der Waals surface area contributed by atoms with Crippen molar-refractivity contribution >= 4 is 11.0 Å². The van der Waals surface area contributed by atoms with Gasteiger partial charge in [-0.2, -0.15) is 4.09 Å². The van der Waals surface area contributed by atoms with E-state index in [1.807, 2.05) is 0 Å². The zero-order valence-electron chi connectivity index (χ0n) is 3.37. The summed E-state index contributed by atoms with van der Waals surface area (Å²) in [5.74, 6) is 0. The highest BCUT2D eigenvalue weighted by Crippen LogP contribution is 2.13. The van der Waals surface area contributed by atoms with E-state index < -0.39 is 11.0 Å². The predicted octanol–water partition coefficient (Wildman–Crippen LogP) is -0.233. The molecular weight excluding hydrogens is 112 g/mol. The lowest BCUT2D eigenvalue weighted by Gasteiger charge is -2.01. The molecule has 2 bridgehead atoms. The van der Waals surface area contributed by atoms with E-state index in [0.717, 1.165) is 0 Å². The van der Waals surface area contributed by atoms with Crippen molar-refractivity contribution in [1.29, 1.82) is 0 Å². The van der Waals surface area contributed by atoms with E-state index in [9.17, 15) is 4.21 Å².